The highest BCUT2D eigenvalue weighted by molar-refractivity contribution is 6.40. The molecular formula is C8H3N3. The number of fused-ring (bicyclic) bond motifs is 2. The van der Waals surface area contributed by atoms with E-state index in [1.54, 1.807) is 0 Å². The minimum absolute atomic E-state index is 0.465. The first-order valence-corrected chi connectivity index (χ1v) is 3.41. The second-order valence-corrected chi connectivity index (χ2v) is 2.75. The molecule has 0 saturated carbocycles. The summed E-state index contributed by atoms with van der Waals surface area (Å²) >= 11 is 0. The molecule has 3 heteroatoms. The first-order chi connectivity index (χ1) is 5.40. The Bertz CT molecular complexity index is 427. The van der Waals surface area contributed by atoms with Crippen LogP contribution in [-0.4, -0.2) is 11.4 Å². The molecule has 0 aromatic carbocycles. The van der Waals surface area contributed by atoms with Crippen LogP contribution in [0.15, 0.2) is 33.0 Å². The van der Waals surface area contributed by atoms with Crippen molar-refractivity contribution in [2.24, 2.45) is 10.2 Å². The molecule has 0 saturated heterocycles. The van der Waals surface area contributed by atoms with Crippen LogP contribution >= 0.6 is 0 Å². The summed E-state index contributed by atoms with van der Waals surface area (Å²) in [5.74, 6) is 0. The molecule has 0 unspecified atom stereocenters. The van der Waals surface area contributed by atoms with Crippen LogP contribution in [0, 0.1) is 11.3 Å². The zero-order valence-electron chi connectivity index (χ0n) is 5.63. The predicted octanol–water partition coefficient (Wildman–Crippen LogP) is 0.961. The first-order valence-electron chi connectivity index (χ1n) is 3.41. The molecule has 2 aliphatic carbocycles. The Morgan fingerprint density at radius 2 is 2.36 bits per heavy atom. The van der Waals surface area contributed by atoms with Crippen LogP contribution in [0.5, 0.6) is 0 Å². The van der Waals surface area contributed by atoms with Crippen LogP contribution in [0.3, 0.4) is 0 Å². The second kappa shape index (κ2) is 1.32. The average molecular weight is 141 g/mol. The lowest BCUT2D eigenvalue weighted by molar-refractivity contribution is 1.27. The summed E-state index contributed by atoms with van der Waals surface area (Å²) in [7, 11) is 0. The quantitative estimate of drug-likeness (QED) is 0.495. The van der Waals surface area contributed by atoms with E-state index < -0.39 is 0 Å². The van der Waals surface area contributed by atoms with E-state index >= 15 is 0 Å². The molecule has 3 aliphatic rings. The lowest BCUT2D eigenvalue weighted by atomic mass is 10.1. The number of allylic oxidation sites excluding steroid dienone is 4. The Labute approximate surface area is 63.1 Å². The van der Waals surface area contributed by atoms with Gasteiger partial charge >= 0.3 is 0 Å². The van der Waals surface area contributed by atoms with Gasteiger partial charge < -0.3 is 0 Å². The molecule has 1 aliphatic heterocycles. The van der Waals surface area contributed by atoms with Crippen LogP contribution in [0.4, 0.5) is 0 Å². The molecule has 3 rings (SSSR count). The third-order valence-electron chi connectivity index (χ3n) is 2.10. The topological polar surface area (TPSA) is 48.5 Å². The van der Waals surface area contributed by atoms with Crippen molar-refractivity contribution in [1.29, 1.82) is 5.26 Å². The monoisotopic (exact) mass is 141 g/mol. The number of hydrogen-bond acceptors (Lipinski definition) is 3. The maximum atomic E-state index is 8.60. The fourth-order valence-electron chi connectivity index (χ4n) is 1.46. The van der Waals surface area contributed by atoms with Gasteiger partial charge in [-0.25, -0.2) is 0 Å². The molecule has 0 aromatic rings. The molecule has 50 valence electrons. The van der Waals surface area contributed by atoms with Crippen molar-refractivity contribution in [3.05, 3.63) is 22.8 Å². The minimum Gasteiger partial charge on any atom is -0.191 e. The molecule has 0 atom stereocenters. The van der Waals surface area contributed by atoms with Crippen molar-refractivity contribution in [1.82, 2.24) is 0 Å². The Morgan fingerprint density at radius 1 is 1.45 bits per heavy atom. The van der Waals surface area contributed by atoms with Gasteiger partial charge in [-0.3, -0.25) is 0 Å². The smallest absolute Gasteiger partial charge is 0.172 e. The van der Waals surface area contributed by atoms with E-state index in [2.05, 4.69) is 10.2 Å². The predicted molar refractivity (Wildman–Crippen MR) is 40.2 cm³/mol. The fraction of sp³-hybridized carbons (Fsp3) is 0.125. The van der Waals surface area contributed by atoms with E-state index in [1.807, 2.05) is 12.1 Å². The molecule has 0 aromatic heterocycles. The van der Waals surface area contributed by atoms with E-state index in [0.717, 1.165) is 17.7 Å². The number of nitriles is 1. The van der Waals surface area contributed by atoms with Crippen LogP contribution in [0.1, 0.15) is 6.42 Å². The van der Waals surface area contributed by atoms with Gasteiger partial charge in [0.15, 0.2) is 5.71 Å². The Morgan fingerprint density at radius 3 is 3.18 bits per heavy atom. The largest absolute Gasteiger partial charge is 0.191 e. The third-order valence-corrected chi connectivity index (χ3v) is 2.10. The summed E-state index contributed by atoms with van der Waals surface area (Å²) < 4.78 is 0. The standard InChI is InChI=1S/C8H3N3/c9-3-7-6-2-4-1-5(4)8(6)11-10-7/h2H,1H2. The minimum atomic E-state index is 0.465. The van der Waals surface area contributed by atoms with Gasteiger partial charge in [-0.05, 0) is 17.2 Å². The van der Waals surface area contributed by atoms with Crippen molar-refractivity contribution in [2.45, 2.75) is 6.42 Å². The Balaban J connectivity index is 2.17. The lowest BCUT2D eigenvalue weighted by Crippen LogP contribution is -2.03. The Kier molecular flexibility index (Phi) is 0.605. The molecule has 0 bridgehead atoms. The van der Waals surface area contributed by atoms with Crippen molar-refractivity contribution in [3.8, 4) is 6.07 Å². The van der Waals surface area contributed by atoms with Crippen LogP contribution in [-0.2, 0) is 0 Å². The fourth-order valence-corrected chi connectivity index (χ4v) is 1.46. The van der Waals surface area contributed by atoms with Gasteiger partial charge in [-0.2, -0.15) is 5.26 Å². The maximum absolute atomic E-state index is 8.60. The summed E-state index contributed by atoms with van der Waals surface area (Å²) in [6.07, 6.45) is 3.07. The number of rotatable bonds is 0. The van der Waals surface area contributed by atoms with Gasteiger partial charge in [-0.1, -0.05) is 0 Å². The molecule has 11 heavy (non-hydrogen) atoms. The zero-order valence-corrected chi connectivity index (χ0v) is 5.63. The van der Waals surface area contributed by atoms with Gasteiger partial charge in [0, 0.05) is 12.0 Å². The summed E-state index contributed by atoms with van der Waals surface area (Å²) in [5.41, 5.74) is 4.96. The molecule has 0 fully saturated rings. The zero-order chi connectivity index (χ0) is 7.42. The van der Waals surface area contributed by atoms with Crippen molar-refractivity contribution in [2.75, 3.05) is 0 Å². The van der Waals surface area contributed by atoms with Crippen LogP contribution < -0.4 is 0 Å². The number of hydrogen-bond donors (Lipinski definition) is 0. The highest BCUT2D eigenvalue weighted by Crippen LogP contribution is 2.43. The van der Waals surface area contributed by atoms with E-state index in [1.165, 1.54) is 11.1 Å². The highest BCUT2D eigenvalue weighted by Gasteiger charge is 2.37. The highest BCUT2D eigenvalue weighted by atomic mass is 15.2. The molecule has 0 amide bonds. The normalized spacial score (nSPS) is 23.4. The van der Waals surface area contributed by atoms with Gasteiger partial charge in [0.1, 0.15) is 6.07 Å². The van der Waals surface area contributed by atoms with Gasteiger partial charge in [0.25, 0.3) is 0 Å². The summed E-state index contributed by atoms with van der Waals surface area (Å²) in [6, 6.07) is 2.02. The van der Waals surface area contributed by atoms with E-state index in [-0.39, 0.29) is 0 Å². The van der Waals surface area contributed by atoms with Crippen molar-refractivity contribution >= 4 is 11.4 Å². The summed E-state index contributed by atoms with van der Waals surface area (Å²) in [4.78, 5) is 0. The summed E-state index contributed by atoms with van der Waals surface area (Å²) in [6.45, 7) is 0. The first kappa shape index (κ1) is 5.03. The lowest BCUT2D eigenvalue weighted by Gasteiger charge is -1.92. The van der Waals surface area contributed by atoms with Gasteiger partial charge in [0.05, 0.1) is 5.71 Å². The van der Waals surface area contributed by atoms with Crippen molar-refractivity contribution < 1.29 is 0 Å². The molecule has 3 nitrogen and oxygen atoms in total. The molecule has 0 radical (unpaired) electrons. The molecule has 0 spiro atoms. The SMILES string of the molecule is N#CC1=NN=C2C1=CC1=C2C1. The van der Waals surface area contributed by atoms with Crippen LogP contribution in [0.25, 0.3) is 0 Å². The van der Waals surface area contributed by atoms with E-state index in [9.17, 15) is 0 Å². The van der Waals surface area contributed by atoms with Gasteiger partial charge in [-0.15, -0.1) is 10.2 Å². The molecule has 1 heterocycles. The average Bonchev–Trinajstić information content (AvgIpc) is 2.55. The number of nitrogens with zero attached hydrogens (tertiary/aromatic N) is 3. The second-order valence-electron chi connectivity index (χ2n) is 2.75. The molecule has 0 N–H and O–H groups in total. The Hall–Kier alpha value is -1.69. The van der Waals surface area contributed by atoms with Gasteiger partial charge in [0.2, 0.25) is 0 Å². The summed E-state index contributed by atoms with van der Waals surface area (Å²) in [5, 5.41) is 16.3. The maximum Gasteiger partial charge on any atom is 0.172 e. The molecular weight excluding hydrogens is 138 g/mol. The van der Waals surface area contributed by atoms with E-state index in [4.69, 9.17) is 5.26 Å². The van der Waals surface area contributed by atoms with Crippen molar-refractivity contribution in [3.63, 3.8) is 0 Å². The van der Waals surface area contributed by atoms with E-state index in [0.29, 0.717) is 5.71 Å². The van der Waals surface area contributed by atoms with Crippen LogP contribution in [0.2, 0.25) is 0 Å². The third kappa shape index (κ3) is 0.444.